The highest BCUT2D eigenvalue weighted by Gasteiger charge is 2.25. The lowest BCUT2D eigenvalue weighted by Gasteiger charge is -2.32. The maximum absolute atomic E-state index is 5.84. The molecule has 0 spiro atoms. The molecule has 7 heteroatoms. The summed E-state index contributed by atoms with van der Waals surface area (Å²) in [4.78, 5) is 6.94. The number of morpholine rings is 1. The number of para-hydroxylation sites is 2. The topological polar surface area (TPSA) is 69.2 Å². The Balaban J connectivity index is 1.31. The first kappa shape index (κ1) is 15.3. The molecule has 0 amide bonds. The minimum Gasteiger partial charge on any atom is -0.441 e. The monoisotopic (exact) mass is 327 g/mol. The Morgan fingerprint density at radius 3 is 3.04 bits per heavy atom. The number of benzene rings is 1. The molecule has 3 heterocycles. The Morgan fingerprint density at radius 1 is 1.29 bits per heavy atom. The third-order valence-corrected chi connectivity index (χ3v) is 4.39. The molecule has 0 N–H and O–H groups in total. The van der Waals surface area contributed by atoms with Gasteiger partial charge in [0.05, 0.1) is 6.61 Å². The summed E-state index contributed by atoms with van der Waals surface area (Å²) in [5, 5.41) is 8.10. The lowest BCUT2D eigenvalue weighted by molar-refractivity contribution is -0.0359. The molecule has 24 heavy (non-hydrogen) atoms. The summed E-state index contributed by atoms with van der Waals surface area (Å²) in [5.41, 5.74) is 1.79. The molecule has 0 saturated carbocycles. The molecule has 1 aliphatic rings. The summed E-state index contributed by atoms with van der Waals surface area (Å²) in [7, 11) is 1.95. The molecule has 0 bridgehead atoms. The third-order valence-electron chi connectivity index (χ3n) is 4.39. The first-order valence-electron chi connectivity index (χ1n) is 8.32. The molecule has 0 radical (unpaired) electrons. The number of hydrogen-bond donors (Lipinski definition) is 0. The van der Waals surface area contributed by atoms with E-state index in [9.17, 15) is 0 Å². The van der Waals surface area contributed by atoms with Crippen molar-refractivity contribution in [2.45, 2.75) is 18.9 Å². The van der Waals surface area contributed by atoms with E-state index in [1.165, 1.54) is 0 Å². The van der Waals surface area contributed by atoms with Gasteiger partial charge in [-0.2, -0.15) is 0 Å². The van der Waals surface area contributed by atoms with Gasteiger partial charge in [0.1, 0.15) is 17.9 Å². The molecule has 126 valence electrons. The summed E-state index contributed by atoms with van der Waals surface area (Å²) in [6, 6.07) is 7.89. The number of aryl methyl sites for hydroxylation is 2. The highest BCUT2D eigenvalue weighted by molar-refractivity contribution is 5.72. The van der Waals surface area contributed by atoms with Gasteiger partial charge in [0.2, 0.25) is 0 Å². The van der Waals surface area contributed by atoms with Crippen LogP contribution in [0.25, 0.3) is 11.1 Å². The second-order valence-corrected chi connectivity index (χ2v) is 6.14. The largest absolute Gasteiger partial charge is 0.441 e. The van der Waals surface area contributed by atoms with Gasteiger partial charge in [-0.05, 0) is 25.1 Å². The number of hydrogen-bond acceptors (Lipinski definition) is 6. The standard InChI is InChI=1S/C17H21N5O2/c1-21-12-18-20-17(21)15-11-22(9-10-23-15)8-4-7-16-19-13-5-2-3-6-14(13)24-16/h2-3,5-6,12,15H,4,7-11H2,1H3/t15-/m0/s1. The SMILES string of the molecule is Cn1cnnc1[C@@H]1CN(CCCc2nc3ccccc3o2)CCO1. The number of oxazole rings is 1. The molecule has 0 aliphatic carbocycles. The number of nitrogens with zero attached hydrogens (tertiary/aromatic N) is 5. The van der Waals surface area contributed by atoms with Gasteiger partial charge in [-0.1, -0.05) is 12.1 Å². The maximum atomic E-state index is 5.84. The van der Waals surface area contributed by atoms with Crippen LogP contribution in [-0.2, 0) is 18.2 Å². The van der Waals surface area contributed by atoms with Gasteiger partial charge in [-0.25, -0.2) is 4.98 Å². The summed E-state index contributed by atoms with van der Waals surface area (Å²) in [5.74, 6) is 1.70. The first-order valence-corrected chi connectivity index (χ1v) is 8.32. The van der Waals surface area contributed by atoms with Crippen LogP contribution in [0.2, 0.25) is 0 Å². The normalized spacial score (nSPS) is 19.1. The van der Waals surface area contributed by atoms with Crippen molar-refractivity contribution in [1.82, 2.24) is 24.6 Å². The predicted octanol–water partition coefficient (Wildman–Crippen LogP) is 1.96. The molecular weight excluding hydrogens is 306 g/mol. The lowest BCUT2D eigenvalue weighted by atomic mass is 10.2. The second kappa shape index (κ2) is 6.70. The van der Waals surface area contributed by atoms with E-state index >= 15 is 0 Å². The zero-order valence-electron chi connectivity index (χ0n) is 13.8. The highest BCUT2D eigenvalue weighted by Crippen LogP contribution is 2.20. The van der Waals surface area contributed by atoms with Crippen LogP contribution in [0.3, 0.4) is 0 Å². The van der Waals surface area contributed by atoms with Crippen molar-refractivity contribution in [2.75, 3.05) is 26.2 Å². The summed E-state index contributed by atoms with van der Waals surface area (Å²) in [6.45, 7) is 3.51. The Bertz CT molecular complexity index is 779. The van der Waals surface area contributed by atoms with E-state index in [1.807, 2.05) is 35.9 Å². The number of aromatic nitrogens is 4. The predicted molar refractivity (Wildman–Crippen MR) is 88.5 cm³/mol. The fourth-order valence-electron chi connectivity index (χ4n) is 3.13. The average Bonchev–Trinajstić information content (AvgIpc) is 3.20. The average molecular weight is 327 g/mol. The Kier molecular flexibility index (Phi) is 4.27. The van der Waals surface area contributed by atoms with E-state index in [0.717, 1.165) is 61.9 Å². The zero-order valence-corrected chi connectivity index (χ0v) is 13.8. The quantitative estimate of drug-likeness (QED) is 0.713. The summed E-state index contributed by atoms with van der Waals surface area (Å²) in [6.07, 6.45) is 3.57. The number of rotatable bonds is 5. The van der Waals surface area contributed by atoms with E-state index < -0.39 is 0 Å². The fraction of sp³-hybridized carbons (Fsp3) is 0.471. The molecule has 7 nitrogen and oxygen atoms in total. The van der Waals surface area contributed by atoms with Crippen LogP contribution < -0.4 is 0 Å². The van der Waals surface area contributed by atoms with E-state index in [2.05, 4.69) is 20.1 Å². The lowest BCUT2D eigenvalue weighted by Crippen LogP contribution is -2.39. The molecule has 1 aliphatic heterocycles. The molecule has 1 aromatic carbocycles. The molecule has 3 aromatic rings. The van der Waals surface area contributed by atoms with Crippen LogP contribution in [-0.4, -0.2) is 50.9 Å². The van der Waals surface area contributed by atoms with Crippen LogP contribution in [0, 0.1) is 0 Å². The molecular formula is C17H21N5O2. The number of ether oxygens (including phenoxy) is 1. The van der Waals surface area contributed by atoms with Gasteiger partial charge >= 0.3 is 0 Å². The van der Waals surface area contributed by atoms with Crippen LogP contribution in [0.5, 0.6) is 0 Å². The summed E-state index contributed by atoms with van der Waals surface area (Å²) < 4.78 is 13.5. The van der Waals surface area contributed by atoms with Crippen LogP contribution in [0.4, 0.5) is 0 Å². The minimum atomic E-state index is -0.00410. The van der Waals surface area contributed by atoms with Gasteiger partial charge < -0.3 is 13.7 Å². The van der Waals surface area contributed by atoms with Gasteiger partial charge in [-0.15, -0.1) is 10.2 Å². The van der Waals surface area contributed by atoms with Crippen molar-refractivity contribution in [2.24, 2.45) is 7.05 Å². The van der Waals surface area contributed by atoms with Crippen molar-refractivity contribution in [1.29, 1.82) is 0 Å². The van der Waals surface area contributed by atoms with Crippen molar-refractivity contribution >= 4 is 11.1 Å². The van der Waals surface area contributed by atoms with Crippen LogP contribution in [0.15, 0.2) is 35.0 Å². The Labute approximate surface area is 140 Å². The molecule has 4 rings (SSSR count). The van der Waals surface area contributed by atoms with Gasteiger partial charge in [0, 0.05) is 26.6 Å². The molecule has 1 saturated heterocycles. The van der Waals surface area contributed by atoms with E-state index in [-0.39, 0.29) is 6.10 Å². The number of fused-ring (bicyclic) bond motifs is 1. The first-order chi connectivity index (χ1) is 11.8. The van der Waals surface area contributed by atoms with Crippen molar-refractivity contribution in [3.05, 3.63) is 42.3 Å². The Hall–Kier alpha value is -2.25. The van der Waals surface area contributed by atoms with E-state index in [4.69, 9.17) is 9.15 Å². The summed E-state index contributed by atoms with van der Waals surface area (Å²) >= 11 is 0. The van der Waals surface area contributed by atoms with Crippen molar-refractivity contribution in [3.8, 4) is 0 Å². The Morgan fingerprint density at radius 2 is 2.21 bits per heavy atom. The van der Waals surface area contributed by atoms with Crippen LogP contribution in [0.1, 0.15) is 24.2 Å². The smallest absolute Gasteiger partial charge is 0.195 e. The van der Waals surface area contributed by atoms with Crippen molar-refractivity contribution in [3.63, 3.8) is 0 Å². The molecule has 1 fully saturated rings. The van der Waals surface area contributed by atoms with E-state index in [1.54, 1.807) is 6.33 Å². The van der Waals surface area contributed by atoms with Gasteiger partial charge in [-0.3, -0.25) is 4.90 Å². The molecule has 0 unspecified atom stereocenters. The zero-order chi connectivity index (χ0) is 16.4. The van der Waals surface area contributed by atoms with Crippen molar-refractivity contribution < 1.29 is 9.15 Å². The highest BCUT2D eigenvalue weighted by atomic mass is 16.5. The van der Waals surface area contributed by atoms with E-state index in [0.29, 0.717) is 0 Å². The van der Waals surface area contributed by atoms with Gasteiger partial charge in [0.15, 0.2) is 17.3 Å². The molecule has 2 aromatic heterocycles. The third kappa shape index (κ3) is 3.18. The van der Waals surface area contributed by atoms with Crippen LogP contribution >= 0.6 is 0 Å². The fourth-order valence-corrected chi connectivity index (χ4v) is 3.13. The van der Waals surface area contributed by atoms with Gasteiger partial charge in [0.25, 0.3) is 0 Å². The maximum Gasteiger partial charge on any atom is 0.195 e. The second-order valence-electron chi connectivity index (χ2n) is 6.14. The molecule has 1 atom stereocenters. The minimum absolute atomic E-state index is 0.00410.